The van der Waals surface area contributed by atoms with E-state index in [-0.39, 0.29) is 16.8 Å². The third-order valence-electron chi connectivity index (χ3n) is 4.66. The van der Waals surface area contributed by atoms with Gasteiger partial charge in [-0.2, -0.15) is 0 Å². The number of H-pyrrole nitrogens is 1. The standard InChI is InChI=1S/C23H28N4O3S2/c1-15(2)27-32(29,30)20-12-10-19(11-13-20)25-22(28)17(4)31-23-24-16(3)21(26-23)14-18-8-6-5-7-9-18/h5-13,15,17,27H,14H2,1-4H3,(H,24,26)(H,25,28). The Balaban J connectivity index is 1.60. The minimum atomic E-state index is -3.57. The highest BCUT2D eigenvalue weighted by Gasteiger charge is 2.19. The number of hydrogen-bond acceptors (Lipinski definition) is 5. The number of aromatic nitrogens is 2. The summed E-state index contributed by atoms with van der Waals surface area (Å²) in [5.41, 5.74) is 3.65. The van der Waals surface area contributed by atoms with Crippen LogP contribution in [-0.4, -0.2) is 35.6 Å². The van der Waals surface area contributed by atoms with Crippen LogP contribution >= 0.6 is 11.8 Å². The molecule has 0 saturated heterocycles. The van der Waals surface area contributed by atoms with Gasteiger partial charge in [0.2, 0.25) is 15.9 Å². The Kier molecular flexibility index (Phi) is 7.76. The number of sulfonamides is 1. The highest BCUT2D eigenvalue weighted by Crippen LogP contribution is 2.24. The summed E-state index contributed by atoms with van der Waals surface area (Å²) >= 11 is 1.35. The van der Waals surface area contributed by atoms with Crippen LogP contribution < -0.4 is 10.0 Å². The smallest absolute Gasteiger partial charge is 0.240 e. The lowest BCUT2D eigenvalue weighted by molar-refractivity contribution is -0.115. The first-order valence-corrected chi connectivity index (χ1v) is 12.7. The molecule has 0 fully saturated rings. The van der Waals surface area contributed by atoms with Crippen molar-refractivity contribution in [1.29, 1.82) is 0 Å². The maximum atomic E-state index is 12.6. The summed E-state index contributed by atoms with van der Waals surface area (Å²) in [5.74, 6) is -0.190. The molecule has 32 heavy (non-hydrogen) atoms. The molecule has 0 aliphatic heterocycles. The van der Waals surface area contributed by atoms with Crippen LogP contribution in [0.5, 0.6) is 0 Å². The van der Waals surface area contributed by atoms with E-state index in [4.69, 9.17) is 0 Å². The van der Waals surface area contributed by atoms with Crippen molar-refractivity contribution >= 4 is 33.4 Å². The van der Waals surface area contributed by atoms with Gasteiger partial charge in [-0.05, 0) is 57.5 Å². The summed E-state index contributed by atoms with van der Waals surface area (Å²) in [6.07, 6.45) is 0.727. The van der Waals surface area contributed by atoms with E-state index in [9.17, 15) is 13.2 Å². The molecule has 0 aliphatic rings. The third kappa shape index (κ3) is 6.44. The highest BCUT2D eigenvalue weighted by atomic mass is 32.2. The van der Waals surface area contributed by atoms with E-state index in [1.54, 1.807) is 32.9 Å². The number of anilines is 1. The number of imidazole rings is 1. The number of thioether (sulfide) groups is 1. The van der Waals surface area contributed by atoms with E-state index in [0.717, 1.165) is 17.8 Å². The summed E-state index contributed by atoms with van der Waals surface area (Å²) in [5, 5.41) is 3.13. The van der Waals surface area contributed by atoms with E-state index >= 15 is 0 Å². The molecule has 3 aromatic rings. The molecule has 0 saturated carbocycles. The molecule has 0 aliphatic carbocycles. The summed E-state index contributed by atoms with van der Waals surface area (Å²) in [6.45, 7) is 7.30. The van der Waals surface area contributed by atoms with Crippen LogP contribution in [0.2, 0.25) is 0 Å². The van der Waals surface area contributed by atoms with Crippen molar-refractivity contribution in [3.05, 3.63) is 71.5 Å². The minimum absolute atomic E-state index is 0.156. The van der Waals surface area contributed by atoms with Gasteiger partial charge in [-0.3, -0.25) is 4.79 Å². The molecule has 1 amide bonds. The Hall–Kier alpha value is -2.62. The molecule has 3 rings (SSSR count). The molecule has 1 atom stereocenters. The number of carbonyl (C=O) groups is 1. The van der Waals surface area contributed by atoms with E-state index in [2.05, 4.69) is 32.1 Å². The second-order valence-corrected chi connectivity index (χ2v) is 10.9. The number of benzene rings is 2. The third-order valence-corrected chi connectivity index (χ3v) is 7.32. The second kappa shape index (κ2) is 10.3. The van der Waals surface area contributed by atoms with Crippen molar-refractivity contribution in [2.24, 2.45) is 0 Å². The lowest BCUT2D eigenvalue weighted by atomic mass is 10.1. The van der Waals surface area contributed by atoms with Crippen molar-refractivity contribution in [2.75, 3.05) is 5.32 Å². The topological polar surface area (TPSA) is 104 Å². The van der Waals surface area contributed by atoms with Crippen LogP contribution in [0.15, 0.2) is 64.6 Å². The lowest BCUT2D eigenvalue weighted by Gasteiger charge is -2.12. The lowest BCUT2D eigenvalue weighted by Crippen LogP contribution is -2.30. The molecule has 170 valence electrons. The largest absolute Gasteiger partial charge is 0.337 e. The molecule has 1 heterocycles. The van der Waals surface area contributed by atoms with Gasteiger partial charge in [0.15, 0.2) is 5.16 Å². The Morgan fingerprint density at radius 2 is 1.72 bits per heavy atom. The number of aromatic amines is 1. The van der Waals surface area contributed by atoms with E-state index in [0.29, 0.717) is 10.8 Å². The molecular formula is C23H28N4O3S2. The number of amides is 1. The molecule has 1 aromatic heterocycles. The van der Waals surface area contributed by atoms with Crippen molar-refractivity contribution in [3.8, 4) is 0 Å². The monoisotopic (exact) mass is 472 g/mol. The zero-order valence-electron chi connectivity index (χ0n) is 18.5. The first-order chi connectivity index (χ1) is 15.1. The number of rotatable bonds is 9. The molecule has 0 spiro atoms. The number of carbonyl (C=O) groups excluding carboxylic acids is 1. The molecule has 0 radical (unpaired) electrons. The molecule has 7 nitrogen and oxygen atoms in total. The zero-order chi connectivity index (χ0) is 23.3. The fourth-order valence-electron chi connectivity index (χ4n) is 3.04. The number of aryl methyl sites for hydroxylation is 1. The summed E-state index contributed by atoms with van der Waals surface area (Å²) in [7, 11) is -3.57. The van der Waals surface area contributed by atoms with E-state index in [1.807, 2.05) is 25.1 Å². The Labute approximate surface area is 193 Å². The van der Waals surface area contributed by atoms with Gasteiger partial charge in [-0.15, -0.1) is 0 Å². The average Bonchev–Trinajstić information content (AvgIpc) is 3.06. The molecule has 0 bridgehead atoms. The van der Waals surface area contributed by atoms with Gasteiger partial charge >= 0.3 is 0 Å². The molecule has 3 N–H and O–H groups in total. The van der Waals surface area contributed by atoms with Gasteiger partial charge in [0.05, 0.1) is 15.8 Å². The zero-order valence-corrected chi connectivity index (χ0v) is 20.2. The van der Waals surface area contributed by atoms with Gasteiger partial charge in [-0.25, -0.2) is 18.1 Å². The maximum absolute atomic E-state index is 12.6. The second-order valence-electron chi connectivity index (χ2n) is 7.83. The Morgan fingerprint density at radius 1 is 1.06 bits per heavy atom. The number of nitrogens with zero attached hydrogens (tertiary/aromatic N) is 1. The van der Waals surface area contributed by atoms with Gasteiger partial charge in [0, 0.05) is 23.8 Å². The fourth-order valence-corrected chi connectivity index (χ4v) is 5.17. The van der Waals surface area contributed by atoms with Crippen molar-refractivity contribution in [3.63, 3.8) is 0 Å². The SMILES string of the molecule is Cc1[nH]c(SC(C)C(=O)Nc2ccc(S(=O)(=O)NC(C)C)cc2)nc1Cc1ccccc1. The summed E-state index contributed by atoms with van der Waals surface area (Å²) < 4.78 is 27.0. The number of nitrogens with one attached hydrogen (secondary N) is 3. The molecular weight excluding hydrogens is 444 g/mol. The van der Waals surface area contributed by atoms with Crippen LogP contribution in [0.1, 0.15) is 37.7 Å². The van der Waals surface area contributed by atoms with Crippen molar-refractivity contribution < 1.29 is 13.2 Å². The van der Waals surface area contributed by atoms with Gasteiger partial charge in [-0.1, -0.05) is 42.1 Å². The fraction of sp³-hybridized carbons (Fsp3) is 0.304. The first-order valence-electron chi connectivity index (χ1n) is 10.3. The number of hydrogen-bond donors (Lipinski definition) is 3. The Bertz CT molecular complexity index is 1160. The summed E-state index contributed by atoms with van der Waals surface area (Å²) in [4.78, 5) is 20.7. The minimum Gasteiger partial charge on any atom is -0.337 e. The van der Waals surface area contributed by atoms with Gasteiger partial charge in [0.25, 0.3) is 0 Å². The van der Waals surface area contributed by atoms with E-state index < -0.39 is 15.3 Å². The molecule has 9 heteroatoms. The van der Waals surface area contributed by atoms with Crippen molar-refractivity contribution in [1.82, 2.24) is 14.7 Å². The Morgan fingerprint density at radius 3 is 2.34 bits per heavy atom. The molecule has 1 unspecified atom stereocenters. The highest BCUT2D eigenvalue weighted by molar-refractivity contribution is 8.00. The predicted octanol–water partition coefficient (Wildman–Crippen LogP) is 4.11. The average molecular weight is 473 g/mol. The van der Waals surface area contributed by atoms with Crippen LogP contribution in [-0.2, 0) is 21.2 Å². The van der Waals surface area contributed by atoms with Crippen LogP contribution in [0.25, 0.3) is 0 Å². The molecule has 2 aromatic carbocycles. The van der Waals surface area contributed by atoms with Gasteiger partial charge < -0.3 is 10.3 Å². The quantitative estimate of drug-likeness (QED) is 0.407. The normalized spacial score (nSPS) is 12.7. The van der Waals surface area contributed by atoms with Crippen LogP contribution in [0, 0.1) is 6.92 Å². The first kappa shape index (κ1) is 24.0. The summed E-state index contributed by atoms with van der Waals surface area (Å²) in [6, 6.07) is 16.0. The van der Waals surface area contributed by atoms with Crippen molar-refractivity contribution in [2.45, 2.75) is 55.5 Å². The van der Waals surface area contributed by atoms with Crippen LogP contribution in [0.3, 0.4) is 0 Å². The van der Waals surface area contributed by atoms with E-state index in [1.165, 1.54) is 29.5 Å². The van der Waals surface area contributed by atoms with Crippen LogP contribution in [0.4, 0.5) is 5.69 Å². The maximum Gasteiger partial charge on any atom is 0.240 e. The predicted molar refractivity (Wildman–Crippen MR) is 128 cm³/mol. The van der Waals surface area contributed by atoms with Gasteiger partial charge in [0.1, 0.15) is 0 Å².